The fourth-order valence-electron chi connectivity index (χ4n) is 2.03. The zero-order chi connectivity index (χ0) is 18.4. The number of nitrogens with zero attached hydrogens (tertiary/aromatic N) is 4. The second kappa shape index (κ2) is 13.3. The smallest absolute Gasteiger partial charge is 0.298 e. The van der Waals surface area contributed by atoms with E-state index in [1.54, 1.807) is 0 Å². The van der Waals surface area contributed by atoms with Gasteiger partial charge in [-0.05, 0) is 31.5 Å². The molecular formula is C15H32N4O4S. The molecule has 0 atom stereocenters. The Morgan fingerprint density at radius 2 is 1.75 bits per heavy atom. The molecule has 0 bridgehead atoms. The molecule has 24 heavy (non-hydrogen) atoms. The van der Waals surface area contributed by atoms with Crippen LogP contribution in [0.4, 0.5) is 0 Å². The zero-order valence-corrected chi connectivity index (χ0v) is 16.2. The Hall–Kier alpha value is -1.06. The molecule has 0 fully saturated rings. The molecule has 0 aliphatic heterocycles. The van der Waals surface area contributed by atoms with Gasteiger partial charge in [0.2, 0.25) is 10.4 Å². The zero-order valence-electron chi connectivity index (χ0n) is 15.4. The molecule has 0 aliphatic rings. The molecule has 1 heterocycles. The Balaban J connectivity index is 0.000000640. The van der Waals surface area contributed by atoms with E-state index in [0.717, 1.165) is 25.3 Å². The molecule has 1 rings (SSSR count). The van der Waals surface area contributed by atoms with Crippen molar-refractivity contribution in [1.29, 1.82) is 0 Å². The highest BCUT2D eigenvalue weighted by molar-refractivity contribution is 7.80. The Labute approximate surface area is 146 Å². The van der Waals surface area contributed by atoms with Gasteiger partial charge in [0.1, 0.15) is 6.54 Å². The highest BCUT2D eigenvalue weighted by Gasteiger charge is 2.16. The molecule has 0 saturated carbocycles. The van der Waals surface area contributed by atoms with Crippen molar-refractivity contribution in [3.8, 4) is 0 Å². The monoisotopic (exact) mass is 364 g/mol. The lowest BCUT2D eigenvalue weighted by Crippen LogP contribution is -2.40. The van der Waals surface area contributed by atoms with Gasteiger partial charge in [0.15, 0.2) is 0 Å². The van der Waals surface area contributed by atoms with Crippen molar-refractivity contribution in [2.24, 2.45) is 0 Å². The number of tetrazole rings is 1. The van der Waals surface area contributed by atoms with Crippen molar-refractivity contribution in [3.05, 3.63) is 5.82 Å². The number of hydrogen-bond acceptors (Lipinski definition) is 6. The lowest BCUT2D eigenvalue weighted by molar-refractivity contribution is -0.762. The summed E-state index contributed by atoms with van der Waals surface area (Å²) in [6.07, 6.45) is 8.64. The van der Waals surface area contributed by atoms with Crippen molar-refractivity contribution in [1.82, 2.24) is 15.1 Å². The quantitative estimate of drug-likeness (QED) is 0.258. The van der Waals surface area contributed by atoms with E-state index in [1.165, 1.54) is 45.4 Å². The van der Waals surface area contributed by atoms with Gasteiger partial charge < -0.3 is 4.55 Å². The number of hydrogen-bond donors (Lipinski definition) is 0. The molecule has 1 aromatic heterocycles. The molecule has 0 N–H and O–H groups in total. The van der Waals surface area contributed by atoms with Crippen LogP contribution in [0.5, 0.6) is 0 Å². The third-order valence-corrected chi connectivity index (χ3v) is 3.79. The molecule has 0 aliphatic carbocycles. The van der Waals surface area contributed by atoms with Crippen molar-refractivity contribution in [3.63, 3.8) is 0 Å². The van der Waals surface area contributed by atoms with E-state index >= 15 is 0 Å². The topological polar surface area (TPSA) is 101 Å². The molecule has 1 aromatic rings. The van der Waals surface area contributed by atoms with Crippen molar-refractivity contribution < 1.29 is 21.8 Å². The molecule has 8 nitrogen and oxygen atoms in total. The molecule has 0 unspecified atom stereocenters. The number of unbranched alkanes of at least 4 members (excludes halogenated alkanes) is 4. The first-order valence-corrected chi connectivity index (χ1v) is 10.2. The molecule has 0 spiro atoms. The molecule has 142 valence electrons. The van der Waals surface area contributed by atoms with Crippen LogP contribution >= 0.6 is 0 Å². The minimum absolute atomic E-state index is 0.0914. The Bertz CT molecular complexity index is 532. The largest absolute Gasteiger partial charge is 0.726 e. The Kier molecular flexibility index (Phi) is 12.7. The average Bonchev–Trinajstić information content (AvgIpc) is 2.91. The Morgan fingerprint density at radius 1 is 1.08 bits per heavy atom. The molecule has 0 amide bonds. The summed E-state index contributed by atoms with van der Waals surface area (Å²) < 4.78 is 34.1. The van der Waals surface area contributed by atoms with Crippen molar-refractivity contribution >= 4 is 10.4 Å². The lowest BCUT2D eigenvalue weighted by Gasteiger charge is -2.02. The summed E-state index contributed by atoms with van der Waals surface area (Å²) in [6.45, 7) is 9.76. The van der Waals surface area contributed by atoms with E-state index in [4.69, 9.17) is 0 Å². The number of aryl methyl sites for hydroxylation is 3. The van der Waals surface area contributed by atoms with Gasteiger partial charge in [0, 0.05) is 6.42 Å². The standard InChI is InChI=1S/C13H27N4.C2H6O4S/c1-4-7-9-10-11-13-14-17(6-3)15-16(13)12-8-5-2;1-2-6-7(3,4)5/h4-12H2,1-3H3;2H2,1H3,(H,3,4,5)/q+1;/p-1. The maximum absolute atomic E-state index is 9.45. The normalized spacial score (nSPS) is 11.2. The SMILES string of the molecule is CCCCCCc1nn(CC)n[n+]1CCCC.CCOS(=O)(=O)[O-]. The first-order valence-electron chi connectivity index (χ1n) is 8.82. The van der Waals surface area contributed by atoms with Gasteiger partial charge in [-0.15, -0.1) is 4.68 Å². The van der Waals surface area contributed by atoms with Crippen LogP contribution in [0, 0.1) is 0 Å². The van der Waals surface area contributed by atoms with Crippen LogP contribution in [0.1, 0.15) is 72.0 Å². The van der Waals surface area contributed by atoms with E-state index in [1.807, 2.05) is 4.80 Å². The third kappa shape index (κ3) is 11.5. The first-order chi connectivity index (χ1) is 11.4. The first kappa shape index (κ1) is 22.9. The van der Waals surface area contributed by atoms with Gasteiger partial charge in [-0.3, -0.25) is 4.18 Å². The maximum atomic E-state index is 9.45. The van der Waals surface area contributed by atoms with Crippen LogP contribution in [0.3, 0.4) is 0 Å². The van der Waals surface area contributed by atoms with Crippen molar-refractivity contribution in [2.45, 2.75) is 85.7 Å². The second-order valence-electron chi connectivity index (χ2n) is 5.40. The van der Waals surface area contributed by atoms with Gasteiger partial charge >= 0.3 is 0 Å². The van der Waals surface area contributed by atoms with E-state index in [9.17, 15) is 13.0 Å². The average molecular weight is 365 g/mol. The summed E-state index contributed by atoms with van der Waals surface area (Å²) in [6, 6.07) is 0. The molecule has 9 heteroatoms. The molecular weight excluding hydrogens is 332 g/mol. The van der Waals surface area contributed by atoms with Gasteiger partial charge in [-0.2, -0.15) is 0 Å². The summed E-state index contributed by atoms with van der Waals surface area (Å²) >= 11 is 0. The summed E-state index contributed by atoms with van der Waals surface area (Å²) in [7, 11) is -4.42. The van der Waals surface area contributed by atoms with Crippen molar-refractivity contribution in [2.75, 3.05) is 6.61 Å². The van der Waals surface area contributed by atoms with E-state index in [0.29, 0.717) is 0 Å². The fraction of sp³-hybridized carbons (Fsp3) is 0.933. The summed E-state index contributed by atoms with van der Waals surface area (Å²) in [5, 5.41) is 9.04. The highest BCUT2D eigenvalue weighted by Crippen LogP contribution is 2.03. The van der Waals surface area contributed by atoms with Crippen LogP contribution in [0.2, 0.25) is 0 Å². The van der Waals surface area contributed by atoms with Gasteiger partial charge in [-0.25, -0.2) is 8.42 Å². The van der Waals surface area contributed by atoms with E-state index in [-0.39, 0.29) is 6.61 Å². The highest BCUT2D eigenvalue weighted by atomic mass is 32.3. The molecule has 0 saturated heterocycles. The predicted molar refractivity (Wildman–Crippen MR) is 90.0 cm³/mol. The minimum atomic E-state index is -4.42. The minimum Gasteiger partial charge on any atom is -0.726 e. The maximum Gasteiger partial charge on any atom is 0.298 e. The summed E-state index contributed by atoms with van der Waals surface area (Å²) in [4.78, 5) is 1.81. The third-order valence-electron chi connectivity index (χ3n) is 3.26. The van der Waals surface area contributed by atoms with Gasteiger partial charge in [0.25, 0.3) is 5.82 Å². The second-order valence-corrected chi connectivity index (χ2v) is 6.45. The number of aromatic nitrogens is 4. The van der Waals surface area contributed by atoms with Crippen LogP contribution in [0.15, 0.2) is 0 Å². The molecule has 0 aromatic carbocycles. The summed E-state index contributed by atoms with van der Waals surface area (Å²) in [5.74, 6) is 1.16. The number of rotatable bonds is 11. The Morgan fingerprint density at radius 3 is 2.21 bits per heavy atom. The van der Waals surface area contributed by atoms with Crippen LogP contribution in [0.25, 0.3) is 0 Å². The van der Waals surface area contributed by atoms with E-state index in [2.05, 4.69) is 39.9 Å². The van der Waals surface area contributed by atoms with Gasteiger partial charge in [0.05, 0.1) is 23.5 Å². The van der Waals surface area contributed by atoms with Crippen LogP contribution in [-0.2, 0) is 34.1 Å². The van der Waals surface area contributed by atoms with Crippen LogP contribution < -0.4 is 4.68 Å². The fourth-order valence-corrected chi connectivity index (χ4v) is 2.32. The predicted octanol–water partition coefficient (Wildman–Crippen LogP) is 1.99. The summed E-state index contributed by atoms with van der Waals surface area (Å²) in [5.41, 5.74) is 0. The van der Waals surface area contributed by atoms with E-state index < -0.39 is 10.4 Å². The van der Waals surface area contributed by atoms with Gasteiger partial charge in [-0.1, -0.05) is 39.5 Å². The van der Waals surface area contributed by atoms with Crippen LogP contribution in [-0.4, -0.2) is 34.7 Å². The molecule has 0 radical (unpaired) electrons. The lowest BCUT2D eigenvalue weighted by atomic mass is 10.1.